The molecule has 0 atom stereocenters. The highest BCUT2D eigenvalue weighted by Crippen LogP contribution is 2.06. The Labute approximate surface area is 120 Å². The molecule has 0 aliphatic heterocycles. The molecular formula is C15H24FN3O. The van der Waals surface area contributed by atoms with Gasteiger partial charge in [0.1, 0.15) is 5.82 Å². The van der Waals surface area contributed by atoms with Crippen molar-refractivity contribution < 1.29 is 9.13 Å². The zero-order chi connectivity index (χ0) is 14.8. The van der Waals surface area contributed by atoms with Gasteiger partial charge in [-0.1, -0.05) is 12.1 Å². The first kappa shape index (κ1) is 16.4. The summed E-state index contributed by atoms with van der Waals surface area (Å²) in [5.41, 5.74) is 0.926. The van der Waals surface area contributed by atoms with Crippen LogP contribution in [0.25, 0.3) is 0 Å². The van der Waals surface area contributed by atoms with Gasteiger partial charge >= 0.3 is 0 Å². The van der Waals surface area contributed by atoms with E-state index in [1.807, 2.05) is 24.9 Å². The van der Waals surface area contributed by atoms with Crippen molar-refractivity contribution in [2.45, 2.75) is 19.9 Å². The Morgan fingerprint density at radius 3 is 2.90 bits per heavy atom. The van der Waals surface area contributed by atoms with E-state index in [4.69, 9.17) is 4.74 Å². The molecular weight excluding hydrogens is 257 g/mol. The molecule has 5 heteroatoms. The third kappa shape index (κ3) is 6.02. The van der Waals surface area contributed by atoms with Gasteiger partial charge in [-0.05, 0) is 31.0 Å². The molecule has 1 rings (SSSR count). The fourth-order valence-electron chi connectivity index (χ4n) is 1.85. The molecule has 112 valence electrons. The van der Waals surface area contributed by atoms with E-state index in [2.05, 4.69) is 10.3 Å². The third-order valence-corrected chi connectivity index (χ3v) is 2.77. The summed E-state index contributed by atoms with van der Waals surface area (Å²) in [4.78, 5) is 6.52. The number of ether oxygens (including phenoxy) is 1. The standard InChI is InChI=1S/C15H24FN3O/c1-4-17-15(18-9-6-10-20-3)19(2)12-13-7-5-8-14(16)11-13/h5,7-8,11H,4,6,9-10,12H2,1-3H3,(H,17,18). The van der Waals surface area contributed by atoms with Gasteiger partial charge in [0, 0.05) is 40.4 Å². The monoisotopic (exact) mass is 281 g/mol. The molecule has 0 heterocycles. The van der Waals surface area contributed by atoms with Crippen molar-refractivity contribution in [3.05, 3.63) is 35.6 Å². The fraction of sp³-hybridized carbons (Fsp3) is 0.533. The van der Waals surface area contributed by atoms with E-state index in [1.54, 1.807) is 19.2 Å². The van der Waals surface area contributed by atoms with Crippen LogP contribution in [0.1, 0.15) is 18.9 Å². The van der Waals surface area contributed by atoms with Crippen LogP contribution in [-0.2, 0) is 11.3 Å². The number of nitrogens with zero attached hydrogens (tertiary/aromatic N) is 2. The Morgan fingerprint density at radius 1 is 1.45 bits per heavy atom. The van der Waals surface area contributed by atoms with Crippen molar-refractivity contribution in [3.8, 4) is 0 Å². The maximum atomic E-state index is 13.2. The Bertz CT molecular complexity index is 423. The van der Waals surface area contributed by atoms with Crippen molar-refractivity contribution in [2.24, 2.45) is 4.99 Å². The Kier molecular flexibility index (Phi) is 7.65. The molecule has 0 bridgehead atoms. The first-order chi connectivity index (χ1) is 9.67. The smallest absolute Gasteiger partial charge is 0.193 e. The van der Waals surface area contributed by atoms with Crippen molar-refractivity contribution in [1.29, 1.82) is 0 Å². The van der Waals surface area contributed by atoms with E-state index in [9.17, 15) is 4.39 Å². The number of halogens is 1. The highest BCUT2D eigenvalue weighted by atomic mass is 19.1. The Balaban J connectivity index is 2.61. The molecule has 0 saturated carbocycles. The maximum absolute atomic E-state index is 13.2. The zero-order valence-electron chi connectivity index (χ0n) is 12.5. The highest BCUT2D eigenvalue weighted by molar-refractivity contribution is 5.79. The summed E-state index contributed by atoms with van der Waals surface area (Å²) in [6.07, 6.45) is 0.888. The Morgan fingerprint density at radius 2 is 2.25 bits per heavy atom. The van der Waals surface area contributed by atoms with E-state index < -0.39 is 0 Å². The first-order valence-electron chi connectivity index (χ1n) is 6.90. The van der Waals surface area contributed by atoms with Gasteiger partial charge in [-0.3, -0.25) is 4.99 Å². The minimum absolute atomic E-state index is 0.210. The third-order valence-electron chi connectivity index (χ3n) is 2.77. The van der Waals surface area contributed by atoms with Gasteiger partial charge in [0.15, 0.2) is 5.96 Å². The zero-order valence-corrected chi connectivity index (χ0v) is 12.5. The first-order valence-corrected chi connectivity index (χ1v) is 6.90. The summed E-state index contributed by atoms with van der Waals surface area (Å²) in [5, 5.41) is 3.24. The quantitative estimate of drug-likeness (QED) is 0.473. The van der Waals surface area contributed by atoms with Gasteiger partial charge in [0.2, 0.25) is 0 Å². The molecule has 1 N–H and O–H groups in total. The number of hydrogen-bond donors (Lipinski definition) is 1. The minimum Gasteiger partial charge on any atom is -0.385 e. The molecule has 4 nitrogen and oxygen atoms in total. The molecule has 0 aliphatic carbocycles. The van der Waals surface area contributed by atoms with Crippen molar-refractivity contribution in [1.82, 2.24) is 10.2 Å². The normalized spacial score (nSPS) is 11.5. The number of guanidine groups is 1. The molecule has 1 aromatic carbocycles. The number of aliphatic imine (C=N–C) groups is 1. The lowest BCUT2D eigenvalue weighted by Crippen LogP contribution is -2.38. The van der Waals surface area contributed by atoms with Crippen LogP contribution in [-0.4, -0.2) is 44.7 Å². The molecule has 1 aromatic rings. The fourth-order valence-corrected chi connectivity index (χ4v) is 1.85. The summed E-state index contributed by atoms with van der Waals surface area (Å²) in [6, 6.07) is 6.63. The van der Waals surface area contributed by atoms with Gasteiger partial charge in [-0.15, -0.1) is 0 Å². The lowest BCUT2D eigenvalue weighted by atomic mass is 10.2. The predicted octanol–water partition coefficient (Wildman–Crippen LogP) is 2.26. The molecule has 0 saturated heterocycles. The van der Waals surface area contributed by atoms with E-state index in [0.717, 1.165) is 24.5 Å². The Hall–Kier alpha value is -1.62. The lowest BCUT2D eigenvalue weighted by Gasteiger charge is -2.22. The number of hydrogen-bond acceptors (Lipinski definition) is 2. The van der Waals surface area contributed by atoms with Crippen molar-refractivity contribution in [3.63, 3.8) is 0 Å². The maximum Gasteiger partial charge on any atom is 0.193 e. The average Bonchev–Trinajstić information content (AvgIpc) is 2.42. The van der Waals surface area contributed by atoms with Crippen molar-refractivity contribution >= 4 is 5.96 Å². The number of rotatable bonds is 7. The van der Waals surface area contributed by atoms with Crippen LogP contribution in [0.15, 0.2) is 29.3 Å². The highest BCUT2D eigenvalue weighted by Gasteiger charge is 2.06. The summed E-state index contributed by atoms with van der Waals surface area (Å²) in [7, 11) is 3.63. The number of methoxy groups -OCH3 is 1. The average molecular weight is 281 g/mol. The van der Waals surface area contributed by atoms with Crippen LogP contribution >= 0.6 is 0 Å². The second-order valence-electron chi connectivity index (χ2n) is 4.57. The van der Waals surface area contributed by atoms with E-state index in [1.165, 1.54) is 6.07 Å². The minimum atomic E-state index is -0.210. The molecule has 0 fully saturated rings. The van der Waals surface area contributed by atoms with Crippen LogP contribution < -0.4 is 5.32 Å². The van der Waals surface area contributed by atoms with Crippen LogP contribution in [0, 0.1) is 5.82 Å². The largest absolute Gasteiger partial charge is 0.385 e. The van der Waals surface area contributed by atoms with Crippen LogP contribution in [0.5, 0.6) is 0 Å². The van der Waals surface area contributed by atoms with Gasteiger partial charge < -0.3 is 15.0 Å². The van der Waals surface area contributed by atoms with Gasteiger partial charge in [-0.2, -0.15) is 0 Å². The second kappa shape index (κ2) is 9.31. The summed E-state index contributed by atoms with van der Waals surface area (Å²) >= 11 is 0. The topological polar surface area (TPSA) is 36.9 Å². The summed E-state index contributed by atoms with van der Waals surface area (Å²) in [6.45, 7) is 4.87. The van der Waals surface area contributed by atoms with E-state index in [-0.39, 0.29) is 5.82 Å². The van der Waals surface area contributed by atoms with Crippen LogP contribution in [0.3, 0.4) is 0 Å². The molecule has 20 heavy (non-hydrogen) atoms. The SMILES string of the molecule is CCNC(=NCCCOC)N(C)Cc1cccc(F)c1. The van der Waals surface area contributed by atoms with Gasteiger partial charge in [0.25, 0.3) is 0 Å². The molecule has 0 radical (unpaired) electrons. The molecule has 0 aliphatic rings. The lowest BCUT2D eigenvalue weighted by molar-refractivity contribution is 0.197. The summed E-state index contributed by atoms with van der Waals surface area (Å²) < 4.78 is 18.2. The van der Waals surface area contributed by atoms with Crippen LogP contribution in [0.4, 0.5) is 4.39 Å². The number of benzene rings is 1. The van der Waals surface area contributed by atoms with Gasteiger partial charge in [-0.25, -0.2) is 4.39 Å². The summed E-state index contributed by atoms with van der Waals surface area (Å²) in [5.74, 6) is 0.616. The van der Waals surface area contributed by atoms with E-state index in [0.29, 0.717) is 19.7 Å². The van der Waals surface area contributed by atoms with Crippen LogP contribution in [0.2, 0.25) is 0 Å². The predicted molar refractivity (Wildman–Crippen MR) is 80.3 cm³/mol. The van der Waals surface area contributed by atoms with Gasteiger partial charge in [0.05, 0.1) is 0 Å². The molecule has 0 amide bonds. The molecule has 0 unspecified atom stereocenters. The number of nitrogens with one attached hydrogen (secondary N) is 1. The van der Waals surface area contributed by atoms with Crippen molar-refractivity contribution in [2.75, 3.05) is 33.9 Å². The molecule has 0 aromatic heterocycles. The second-order valence-corrected chi connectivity index (χ2v) is 4.57. The van der Waals surface area contributed by atoms with E-state index >= 15 is 0 Å². The molecule has 0 spiro atoms.